The van der Waals surface area contributed by atoms with Gasteiger partial charge in [0, 0.05) is 6.07 Å². The van der Waals surface area contributed by atoms with Gasteiger partial charge in [-0.2, -0.15) is 5.26 Å². The monoisotopic (exact) mass is 311 g/mol. The van der Waals surface area contributed by atoms with Crippen molar-refractivity contribution in [2.24, 2.45) is 0 Å². The summed E-state index contributed by atoms with van der Waals surface area (Å²) in [5, 5.41) is 9.51. The Morgan fingerprint density at radius 2 is 1.83 bits per heavy atom. The summed E-state index contributed by atoms with van der Waals surface area (Å²) in [6.07, 6.45) is 1.48. The third kappa shape index (κ3) is 4.56. The lowest BCUT2D eigenvalue weighted by atomic mass is 9.87. The van der Waals surface area contributed by atoms with E-state index in [2.05, 4.69) is 39.0 Å². The van der Waals surface area contributed by atoms with Crippen molar-refractivity contribution in [3.05, 3.63) is 64.5 Å². The fraction of sp³-hybridized carbons (Fsp3) is 0.350. The van der Waals surface area contributed by atoms with Gasteiger partial charge in [0.15, 0.2) is 0 Å². The van der Waals surface area contributed by atoms with Crippen LogP contribution >= 0.6 is 0 Å². The van der Waals surface area contributed by atoms with E-state index in [4.69, 9.17) is 4.74 Å². The zero-order valence-corrected chi connectivity index (χ0v) is 13.9. The second-order valence-corrected chi connectivity index (χ2v) is 5.94. The number of aryl methyl sites for hydroxylation is 3. The van der Waals surface area contributed by atoms with E-state index in [1.807, 2.05) is 0 Å². The molecule has 0 heterocycles. The number of hydrogen-bond acceptors (Lipinski definition) is 2. The Labute approximate surface area is 137 Å². The van der Waals surface area contributed by atoms with Gasteiger partial charge in [0.1, 0.15) is 11.6 Å². The largest absolute Gasteiger partial charge is 0.493 e. The molecule has 0 aliphatic rings. The van der Waals surface area contributed by atoms with Crippen LogP contribution in [0.4, 0.5) is 4.39 Å². The number of ether oxygens (including phenoxy) is 1. The molecule has 2 nitrogen and oxygen atoms in total. The molecule has 120 valence electrons. The first-order chi connectivity index (χ1) is 11.0. The minimum absolute atomic E-state index is 0.133. The van der Waals surface area contributed by atoms with E-state index in [1.54, 1.807) is 12.1 Å². The van der Waals surface area contributed by atoms with Gasteiger partial charge < -0.3 is 4.74 Å². The number of hydrogen-bond donors (Lipinski definition) is 0. The van der Waals surface area contributed by atoms with E-state index < -0.39 is 0 Å². The highest BCUT2D eigenvalue weighted by atomic mass is 19.1. The molecule has 0 spiro atoms. The predicted molar refractivity (Wildman–Crippen MR) is 90.1 cm³/mol. The maximum atomic E-state index is 13.1. The molecule has 0 N–H and O–H groups in total. The maximum absolute atomic E-state index is 13.1. The van der Waals surface area contributed by atoms with Gasteiger partial charge in [0.2, 0.25) is 0 Å². The number of nitrogens with zero attached hydrogens (tertiary/aromatic N) is 1. The SMILES string of the molecule is Cc1cc(C)c(C(C#N)CCCOc2cccc(F)c2)c(C)c1. The van der Waals surface area contributed by atoms with E-state index >= 15 is 0 Å². The van der Waals surface area contributed by atoms with Gasteiger partial charge in [0.05, 0.1) is 18.6 Å². The van der Waals surface area contributed by atoms with Crippen molar-refractivity contribution in [1.29, 1.82) is 5.26 Å². The van der Waals surface area contributed by atoms with Crippen LogP contribution in [0.15, 0.2) is 36.4 Å². The van der Waals surface area contributed by atoms with E-state index in [0.29, 0.717) is 12.4 Å². The summed E-state index contributed by atoms with van der Waals surface area (Å²) < 4.78 is 18.6. The molecule has 0 radical (unpaired) electrons. The minimum atomic E-state index is -0.302. The van der Waals surface area contributed by atoms with Gasteiger partial charge in [-0.1, -0.05) is 23.8 Å². The van der Waals surface area contributed by atoms with E-state index in [1.165, 1.54) is 28.8 Å². The van der Waals surface area contributed by atoms with E-state index in [9.17, 15) is 9.65 Å². The third-order valence-corrected chi connectivity index (χ3v) is 3.94. The summed E-state index contributed by atoms with van der Waals surface area (Å²) in [5.74, 6) is 0.0937. The highest BCUT2D eigenvalue weighted by Crippen LogP contribution is 2.28. The fourth-order valence-electron chi connectivity index (χ4n) is 3.05. The number of rotatable bonds is 6. The zero-order valence-electron chi connectivity index (χ0n) is 13.9. The Morgan fingerprint density at radius 1 is 1.13 bits per heavy atom. The molecule has 0 saturated heterocycles. The molecule has 0 aromatic heterocycles. The van der Waals surface area contributed by atoms with Crippen LogP contribution in [0.2, 0.25) is 0 Å². The molecule has 0 amide bonds. The normalized spacial score (nSPS) is 11.8. The van der Waals surface area contributed by atoms with Crippen LogP contribution in [-0.4, -0.2) is 6.61 Å². The molecule has 0 fully saturated rings. The summed E-state index contributed by atoms with van der Waals surface area (Å²) in [6, 6.07) is 12.8. The van der Waals surface area contributed by atoms with Gasteiger partial charge >= 0.3 is 0 Å². The molecule has 3 heteroatoms. The molecule has 0 saturated carbocycles. The quantitative estimate of drug-likeness (QED) is 0.685. The van der Waals surface area contributed by atoms with Crippen molar-refractivity contribution in [2.75, 3.05) is 6.61 Å². The summed E-state index contributed by atoms with van der Waals surface area (Å²) in [5.41, 5.74) is 4.68. The second kappa shape index (κ2) is 7.78. The average Bonchev–Trinajstić information content (AvgIpc) is 2.48. The first-order valence-electron chi connectivity index (χ1n) is 7.87. The van der Waals surface area contributed by atoms with Crippen molar-refractivity contribution in [3.63, 3.8) is 0 Å². The summed E-state index contributed by atoms with van der Waals surface area (Å²) in [6.45, 7) is 6.66. The minimum Gasteiger partial charge on any atom is -0.493 e. The molecule has 1 atom stereocenters. The molecule has 23 heavy (non-hydrogen) atoms. The van der Waals surface area contributed by atoms with Gasteiger partial charge in [-0.25, -0.2) is 4.39 Å². The van der Waals surface area contributed by atoms with Crippen LogP contribution in [0, 0.1) is 37.9 Å². The Morgan fingerprint density at radius 3 is 2.43 bits per heavy atom. The van der Waals surface area contributed by atoms with Crippen LogP contribution in [0.25, 0.3) is 0 Å². The average molecular weight is 311 g/mol. The Kier molecular flexibility index (Phi) is 5.76. The van der Waals surface area contributed by atoms with Crippen LogP contribution < -0.4 is 4.74 Å². The van der Waals surface area contributed by atoms with Crippen molar-refractivity contribution >= 4 is 0 Å². The lowest BCUT2D eigenvalue weighted by Crippen LogP contribution is -2.05. The lowest BCUT2D eigenvalue weighted by molar-refractivity contribution is 0.303. The molecule has 2 rings (SSSR count). The summed E-state index contributed by atoms with van der Waals surface area (Å²) >= 11 is 0. The Balaban J connectivity index is 1.95. The van der Waals surface area contributed by atoms with Crippen molar-refractivity contribution in [1.82, 2.24) is 0 Å². The van der Waals surface area contributed by atoms with E-state index in [0.717, 1.165) is 18.4 Å². The van der Waals surface area contributed by atoms with Gasteiger partial charge in [-0.05, 0) is 62.4 Å². The van der Waals surface area contributed by atoms with Crippen LogP contribution in [0.5, 0.6) is 5.75 Å². The molecule has 1 unspecified atom stereocenters. The third-order valence-electron chi connectivity index (χ3n) is 3.94. The van der Waals surface area contributed by atoms with Crippen molar-refractivity contribution in [3.8, 4) is 11.8 Å². The number of halogens is 1. The molecule has 2 aromatic carbocycles. The van der Waals surface area contributed by atoms with Crippen LogP contribution in [0.3, 0.4) is 0 Å². The van der Waals surface area contributed by atoms with Gasteiger partial charge in [0.25, 0.3) is 0 Å². The van der Waals surface area contributed by atoms with E-state index in [-0.39, 0.29) is 11.7 Å². The fourth-order valence-corrected chi connectivity index (χ4v) is 3.05. The van der Waals surface area contributed by atoms with Crippen LogP contribution in [-0.2, 0) is 0 Å². The van der Waals surface area contributed by atoms with Crippen molar-refractivity contribution < 1.29 is 9.13 Å². The summed E-state index contributed by atoms with van der Waals surface area (Å²) in [7, 11) is 0. The first kappa shape index (κ1) is 17.0. The number of benzene rings is 2. The highest BCUT2D eigenvalue weighted by molar-refractivity contribution is 5.42. The van der Waals surface area contributed by atoms with Crippen LogP contribution in [0.1, 0.15) is 41.0 Å². The predicted octanol–water partition coefficient (Wildman–Crippen LogP) is 5.22. The molecule has 2 aromatic rings. The number of nitriles is 1. The molecule has 0 aliphatic heterocycles. The zero-order chi connectivity index (χ0) is 16.8. The summed E-state index contributed by atoms with van der Waals surface area (Å²) in [4.78, 5) is 0. The molecular weight excluding hydrogens is 289 g/mol. The Hall–Kier alpha value is -2.34. The smallest absolute Gasteiger partial charge is 0.126 e. The second-order valence-electron chi connectivity index (χ2n) is 5.94. The van der Waals surface area contributed by atoms with Crippen molar-refractivity contribution in [2.45, 2.75) is 39.5 Å². The maximum Gasteiger partial charge on any atom is 0.126 e. The molecular formula is C20H22FNO. The van der Waals surface area contributed by atoms with Gasteiger partial charge in [-0.3, -0.25) is 0 Å². The lowest BCUT2D eigenvalue weighted by Gasteiger charge is -2.16. The molecule has 0 bridgehead atoms. The van der Waals surface area contributed by atoms with Gasteiger partial charge in [-0.15, -0.1) is 0 Å². The molecule has 0 aliphatic carbocycles. The Bertz CT molecular complexity index is 695. The topological polar surface area (TPSA) is 33.0 Å². The highest BCUT2D eigenvalue weighted by Gasteiger charge is 2.16. The first-order valence-corrected chi connectivity index (χ1v) is 7.87. The standard InChI is InChI=1S/C20H22FNO/c1-14-10-15(2)20(16(3)11-14)17(13-22)6-5-9-23-19-8-4-7-18(21)12-19/h4,7-8,10-12,17H,5-6,9H2,1-3H3.